The number of carbonyl (C=O) groups is 1. The Morgan fingerprint density at radius 2 is 1.77 bits per heavy atom. The molecule has 26 heavy (non-hydrogen) atoms. The second-order valence-electron chi connectivity index (χ2n) is 6.24. The van der Waals surface area contributed by atoms with E-state index in [0.717, 1.165) is 10.3 Å². The number of benzene rings is 1. The number of fused-ring (bicyclic) bond motifs is 1. The van der Waals surface area contributed by atoms with E-state index in [1.165, 1.54) is 29.6 Å². The Bertz CT molecular complexity index is 1090. The lowest BCUT2D eigenvalue weighted by Gasteiger charge is -2.13. The number of aryl methyl sites for hydroxylation is 1. The van der Waals surface area contributed by atoms with Gasteiger partial charge in [0, 0.05) is 39.6 Å². The van der Waals surface area contributed by atoms with Gasteiger partial charge >= 0.3 is 5.69 Å². The summed E-state index contributed by atoms with van der Waals surface area (Å²) < 4.78 is 3.73. The lowest BCUT2D eigenvalue weighted by atomic mass is 10.2. The minimum absolute atomic E-state index is 0.0840. The number of aromatic nitrogens is 4. The Hall–Kier alpha value is -3.36. The fraction of sp³-hybridized carbons (Fsp3) is 0.294. The van der Waals surface area contributed by atoms with Gasteiger partial charge in [-0.25, -0.2) is 9.78 Å². The summed E-state index contributed by atoms with van der Waals surface area (Å²) >= 11 is 0. The zero-order valence-corrected chi connectivity index (χ0v) is 15.1. The van der Waals surface area contributed by atoms with E-state index in [9.17, 15) is 14.4 Å². The summed E-state index contributed by atoms with van der Waals surface area (Å²) in [4.78, 5) is 42.7. The minimum atomic E-state index is -0.483. The lowest BCUT2D eigenvalue weighted by Crippen LogP contribution is -2.37. The smallest absolute Gasteiger partial charge is 0.332 e. The maximum absolute atomic E-state index is 12.4. The minimum Gasteiger partial charge on any atom is -0.378 e. The molecule has 3 aromatic rings. The van der Waals surface area contributed by atoms with Gasteiger partial charge in [0.15, 0.2) is 11.2 Å². The summed E-state index contributed by atoms with van der Waals surface area (Å²) in [6.45, 7) is -0.0840. The highest BCUT2D eigenvalue weighted by Gasteiger charge is 2.16. The number of rotatable bonds is 4. The molecule has 1 N–H and O–H groups in total. The molecule has 0 atom stereocenters. The molecule has 2 aromatic heterocycles. The molecule has 3 rings (SSSR count). The molecule has 0 unspecified atom stereocenters. The van der Waals surface area contributed by atoms with E-state index >= 15 is 0 Å². The van der Waals surface area contributed by atoms with Gasteiger partial charge < -0.3 is 14.8 Å². The largest absolute Gasteiger partial charge is 0.378 e. The molecule has 0 aliphatic heterocycles. The van der Waals surface area contributed by atoms with E-state index < -0.39 is 11.2 Å². The molecule has 0 radical (unpaired) electrons. The Balaban J connectivity index is 1.86. The van der Waals surface area contributed by atoms with Crippen molar-refractivity contribution in [1.82, 2.24) is 18.7 Å². The van der Waals surface area contributed by atoms with Gasteiger partial charge in [0.1, 0.15) is 6.54 Å². The van der Waals surface area contributed by atoms with Crippen LogP contribution < -0.4 is 21.5 Å². The average Bonchev–Trinajstić information content (AvgIpc) is 3.02. The van der Waals surface area contributed by atoms with Gasteiger partial charge in [0.25, 0.3) is 5.56 Å². The summed E-state index contributed by atoms with van der Waals surface area (Å²) in [5.74, 6) is -0.294. The van der Waals surface area contributed by atoms with E-state index in [1.807, 2.05) is 43.3 Å². The van der Waals surface area contributed by atoms with Crippen molar-refractivity contribution in [2.75, 3.05) is 24.3 Å². The van der Waals surface area contributed by atoms with Gasteiger partial charge in [0.05, 0.1) is 6.33 Å². The van der Waals surface area contributed by atoms with Crippen LogP contribution in [0.4, 0.5) is 11.4 Å². The lowest BCUT2D eigenvalue weighted by molar-refractivity contribution is -0.116. The molecule has 0 aliphatic rings. The van der Waals surface area contributed by atoms with Crippen molar-refractivity contribution in [2.24, 2.45) is 14.1 Å². The van der Waals surface area contributed by atoms with Gasteiger partial charge in [-0.1, -0.05) is 0 Å². The first-order valence-corrected chi connectivity index (χ1v) is 7.97. The third-order valence-electron chi connectivity index (χ3n) is 4.20. The SMILES string of the molecule is CN(C)c1ccc(NC(=O)Cn2cnc3c2c(=O)n(C)c(=O)n3C)cc1. The summed E-state index contributed by atoms with van der Waals surface area (Å²) in [6.07, 6.45) is 1.39. The van der Waals surface area contributed by atoms with E-state index in [4.69, 9.17) is 0 Å². The predicted octanol–water partition coefficient (Wildman–Crippen LogP) is 0.138. The maximum atomic E-state index is 12.4. The summed E-state index contributed by atoms with van der Waals surface area (Å²) in [5, 5.41) is 2.79. The average molecular weight is 356 g/mol. The molecule has 0 spiro atoms. The number of nitrogens with one attached hydrogen (secondary N) is 1. The maximum Gasteiger partial charge on any atom is 0.332 e. The molecular weight excluding hydrogens is 336 g/mol. The molecule has 9 heteroatoms. The number of hydrogen-bond donors (Lipinski definition) is 1. The first kappa shape index (κ1) is 17.5. The fourth-order valence-electron chi connectivity index (χ4n) is 2.71. The molecular formula is C17H20N6O3. The van der Waals surface area contributed by atoms with Gasteiger partial charge in [-0.2, -0.15) is 0 Å². The van der Waals surface area contributed by atoms with Gasteiger partial charge in [0.2, 0.25) is 5.91 Å². The molecule has 2 heterocycles. The van der Waals surface area contributed by atoms with Crippen LogP contribution in [0.15, 0.2) is 40.2 Å². The second-order valence-corrected chi connectivity index (χ2v) is 6.24. The highest BCUT2D eigenvalue weighted by atomic mass is 16.2. The zero-order chi connectivity index (χ0) is 19.0. The molecule has 0 bridgehead atoms. The highest BCUT2D eigenvalue weighted by Crippen LogP contribution is 2.15. The zero-order valence-electron chi connectivity index (χ0n) is 15.1. The van der Waals surface area contributed by atoms with Crippen LogP contribution in [-0.4, -0.2) is 38.7 Å². The van der Waals surface area contributed by atoms with Crippen molar-refractivity contribution in [3.8, 4) is 0 Å². The number of anilines is 2. The van der Waals surface area contributed by atoms with Crippen LogP contribution in [0, 0.1) is 0 Å². The van der Waals surface area contributed by atoms with Gasteiger partial charge in [-0.3, -0.25) is 18.7 Å². The van der Waals surface area contributed by atoms with Crippen molar-refractivity contribution in [1.29, 1.82) is 0 Å². The van der Waals surface area contributed by atoms with Gasteiger partial charge in [-0.15, -0.1) is 0 Å². The van der Waals surface area contributed by atoms with Crippen LogP contribution in [0.1, 0.15) is 0 Å². The van der Waals surface area contributed by atoms with Crippen LogP contribution in [0.5, 0.6) is 0 Å². The fourth-order valence-corrected chi connectivity index (χ4v) is 2.71. The van der Waals surface area contributed by atoms with E-state index in [2.05, 4.69) is 10.3 Å². The first-order valence-electron chi connectivity index (χ1n) is 7.97. The summed E-state index contributed by atoms with van der Waals surface area (Å²) in [5.41, 5.74) is 1.20. The van der Waals surface area contributed by atoms with Crippen LogP contribution in [0.25, 0.3) is 11.2 Å². The Morgan fingerprint density at radius 3 is 2.38 bits per heavy atom. The standard InChI is InChI=1S/C17H20N6O3/c1-20(2)12-7-5-11(6-8-12)19-13(24)9-23-10-18-15-14(23)16(25)22(4)17(26)21(15)3/h5-8,10H,9H2,1-4H3,(H,19,24). The first-order chi connectivity index (χ1) is 12.3. The van der Waals surface area contributed by atoms with Gasteiger partial charge in [-0.05, 0) is 24.3 Å². The molecule has 0 saturated heterocycles. The highest BCUT2D eigenvalue weighted by molar-refractivity contribution is 5.91. The number of nitrogens with zero attached hydrogens (tertiary/aromatic N) is 5. The monoisotopic (exact) mass is 356 g/mol. The quantitative estimate of drug-likeness (QED) is 0.718. The molecule has 9 nitrogen and oxygen atoms in total. The van der Waals surface area contributed by atoms with E-state index in [1.54, 1.807) is 0 Å². The third kappa shape index (κ3) is 2.99. The normalized spacial score (nSPS) is 10.9. The molecule has 0 aliphatic carbocycles. The van der Waals surface area contributed by atoms with Crippen molar-refractivity contribution in [3.05, 3.63) is 51.4 Å². The van der Waals surface area contributed by atoms with Crippen molar-refractivity contribution in [3.63, 3.8) is 0 Å². The van der Waals surface area contributed by atoms with Crippen LogP contribution >= 0.6 is 0 Å². The molecule has 1 aromatic carbocycles. The predicted molar refractivity (Wildman–Crippen MR) is 99.6 cm³/mol. The van der Waals surface area contributed by atoms with Crippen LogP contribution in [-0.2, 0) is 25.4 Å². The molecule has 1 amide bonds. The van der Waals surface area contributed by atoms with E-state index in [0.29, 0.717) is 5.69 Å². The Kier molecular flexibility index (Phi) is 4.37. The second kappa shape index (κ2) is 6.51. The number of hydrogen-bond acceptors (Lipinski definition) is 5. The Labute approximate surface area is 149 Å². The number of imidazole rings is 1. The van der Waals surface area contributed by atoms with Crippen molar-refractivity contribution >= 4 is 28.4 Å². The van der Waals surface area contributed by atoms with Crippen molar-refractivity contribution < 1.29 is 4.79 Å². The van der Waals surface area contributed by atoms with Crippen molar-refractivity contribution in [2.45, 2.75) is 6.54 Å². The summed E-state index contributed by atoms with van der Waals surface area (Å²) in [7, 11) is 6.80. The Morgan fingerprint density at radius 1 is 1.12 bits per heavy atom. The van der Waals surface area contributed by atoms with Crippen LogP contribution in [0.3, 0.4) is 0 Å². The van der Waals surface area contributed by atoms with Crippen LogP contribution in [0.2, 0.25) is 0 Å². The molecule has 136 valence electrons. The molecule has 0 saturated carbocycles. The topological polar surface area (TPSA) is 94.2 Å². The molecule has 0 fully saturated rings. The third-order valence-corrected chi connectivity index (χ3v) is 4.20. The van der Waals surface area contributed by atoms with E-state index in [-0.39, 0.29) is 23.6 Å². The summed E-state index contributed by atoms with van der Waals surface area (Å²) in [6, 6.07) is 7.41. The number of carbonyl (C=O) groups excluding carboxylic acids is 1. The number of amides is 1.